The molecule has 0 spiro atoms. The number of hydrogen-bond donors (Lipinski definition) is 1. The third-order valence-corrected chi connectivity index (χ3v) is 9.18. The Morgan fingerprint density at radius 1 is 0.683 bits per heavy atom. The van der Waals surface area contributed by atoms with Crippen molar-refractivity contribution < 1.29 is 0 Å². The van der Waals surface area contributed by atoms with Crippen molar-refractivity contribution in [3.05, 3.63) is 133 Å². The van der Waals surface area contributed by atoms with Gasteiger partial charge in [0.1, 0.15) is 5.37 Å². The molecule has 1 N–H and O–H groups in total. The van der Waals surface area contributed by atoms with Gasteiger partial charge in [0.25, 0.3) is 0 Å². The molecule has 2 aliphatic rings. The van der Waals surface area contributed by atoms with Gasteiger partial charge in [0, 0.05) is 27.0 Å². The van der Waals surface area contributed by atoms with Crippen LogP contribution in [0, 0.1) is 0 Å². The maximum Gasteiger partial charge on any atom is 0.161 e. The molecule has 0 fully saturated rings. The molecular weight excluding hydrogens is 518 g/mol. The number of thioether (sulfide) groups is 1. The van der Waals surface area contributed by atoms with Crippen LogP contribution >= 0.6 is 11.8 Å². The minimum absolute atomic E-state index is 0.241. The smallest absolute Gasteiger partial charge is 0.161 e. The third-order valence-electron chi connectivity index (χ3n) is 7.96. The zero-order chi connectivity index (χ0) is 27.2. The van der Waals surface area contributed by atoms with E-state index in [9.17, 15) is 0 Å². The SMILES string of the molecule is C1=CC(C2Nc3c(ccc4ccc5c(-c6nc(-c7ccccc7)cc(-c7ccccc7)n6)cccc5c34)S2)=CCC1. The first-order chi connectivity index (χ1) is 20.3. The molecule has 3 nitrogen and oxygen atoms in total. The van der Waals surface area contributed by atoms with E-state index in [2.05, 4.69) is 121 Å². The molecule has 41 heavy (non-hydrogen) atoms. The van der Waals surface area contributed by atoms with Crippen molar-refractivity contribution in [3.63, 3.8) is 0 Å². The summed E-state index contributed by atoms with van der Waals surface area (Å²) in [5, 5.41) is 8.99. The van der Waals surface area contributed by atoms with Crippen LogP contribution in [0.25, 0.3) is 55.4 Å². The van der Waals surface area contributed by atoms with Gasteiger partial charge < -0.3 is 5.32 Å². The molecule has 1 atom stereocenters. The van der Waals surface area contributed by atoms with E-state index < -0.39 is 0 Å². The molecule has 1 unspecified atom stereocenters. The van der Waals surface area contributed by atoms with Crippen LogP contribution in [0.1, 0.15) is 12.8 Å². The second-order valence-corrected chi connectivity index (χ2v) is 11.7. The van der Waals surface area contributed by atoms with Crippen molar-refractivity contribution in [2.75, 3.05) is 5.32 Å². The Morgan fingerprint density at radius 2 is 1.41 bits per heavy atom. The van der Waals surface area contributed by atoms with E-state index in [1.807, 2.05) is 23.9 Å². The molecule has 1 aliphatic heterocycles. The van der Waals surface area contributed by atoms with Crippen LogP contribution in [-0.4, -0.2) is 15.3 Å². The summed E-state index contributed by atoms with van der Waals surface area (Å²) < 4.78 is 0. The van der Waals surface area contributed by atoms with Crippen molar-refractivity contribution in [2.24, 2.45) is 0 Å². The molecule has 4 heteroatoms. The highest BCUT2D eigenvalue weighted by Crippen LogP contribution is 2.48. The molecule has 1 aromatic heterocycles. The Labute approximate surface area is 243 Å². The molecule has 2 heterocycles. The van der Waals surface area contributed by atoms with Crippen LogP contribution in [0.4, 0.5) is 5.69 Å². The molecule has 0 bridgehead atoms. The first-order valence-corrected chi connectivity index (χ1v) is 15.0. The van der Waals surface area contributed by atoms with Crippen LogP contribution in [0.2, 0.25) is 0 Å². The first kappa shape index (κ1) is 24.2. The van der Waals surface area contributed by atoms with Crippen LogP contribution in [0.3, 0.4) is 0 Å². The van der Waals surface area contributed by atoms with Crippen LogP contribution in [0.5, 0.6) is 0 Å². The van der Waals surface area contributed by atoms with E-state index in [4.69, 9.17) is 9.97 Å². The van der Waals surface area contributed by atoms with Crippen LogP contribution < -0.4 is 5.32 Å². The summed E-state index contributed by atoms with van der Waals surface area (Å²) in [6, 6.07) is 38.3. The Bertz CT molecular complexity index is 1940. The second-order valence-electron chi connectivity index (χ2n) is 10.5. The Kier molecular flexibility index (Phi) is 5.93. The minimum atomic E-state index is 0.241. The summed E-state index contributed by atoms with van der Waals surface area (Å²) in [5.74, 6) is 0.737. The number of anilines is 1. The highest BCUT2D eigenvalue weighted by molar-refractivity contribution is 8.00. The standard InChI is InChI=1S/C37H27N3S/c1-4-11-24(12-5-1)31-23-32(25-13-6-2-7-14-25)39-36(38-31)30-18-10-17-29-28(30)21-19-26-20-22-33-35(34(26)29)40-37(41-33)27-15-8-3-9-16-27/h1-2,4-8,10-23,37,40H,3,9H2. The zero-order valence-electron chi connectivity index (χ0n) is 22.4. The van der Waals surface area contributed by atoms with Crippen LogP contribution in [-0.2, 0) is 0 Å². The average Bonchev–Trinajstić information content (AvgIpc) is 3.50. The van der Waals surface area contributed by atoms with Crippen molar-refractivity contribution in [1.29, 1.82) is 0 Å². The van der Waals surface area contributed by atoms with Crippen molar-refractivity contribution in [3.8, 4) is 33.9 Å². The van der Waals surface area contributed by atoms with Crippen molar-refractivity contribution in [1.82, 2.24) is 9.97 Å². The van der Waals surface area contributed by atoms with Crippen molar-refractivity contribution in [2.45, 2.75) is 23.1 Å². The number of hydrogen-bond acceptors (Lipinski definition) is 4. The minimum Gasteiger partial charge on any atom is -0.368 e. The van der Waals surface area contributed by atoms with Crippen LogP contribution in [0.15, 0.2) is 138 Å². The predicted molar refractivity (Wildman–Crippen MR) is 173 cm³/mol. The number of fused-ring (bicyclic) bond motifs is 5. The summed E-state index contributed by atoms with van der Waals surface area (Å²) in [6.45, 7) is 0. The lowest BCUT2D eigenvalue weighted by Crippen LogP contribution is -2.13. The lowest BCUT2D eigenvalue weighted by Gasteiger charge is -2.16. The third kappa shape index (κ3) is 4.32. The Hall–Kier alpha value is -4.67. The van der Waals surface area contributed by atoms with E-state index in [1.54, 1.807) is 0 Å². The van der Waals surface area contributed by atoms with Crippen molar-refractivity contribution >= 4 is 39.0 Å². The van der Waals surface area contributed by atoms with E-state index in [-0.39, 0.29) is 5.37 Å². The van der Waals surface area contributed by atoms with E-state index in [0.29, 0.717) is 0 Å². The number of nitrogens with zero attached hydrogens (tertiary/aromatic N) is 2. The summed E-state index contributed by atoms with van der Waals surface area (Å²) in [4.78, 5) is 11.6. The fourth-order valence-corrected chi connectivity index (χ4v) is 7.12. The maximum absolute atomic E-state index is 5.13. The fourth-order valence-electron chi connectivity index (χ4n) is 5.95. The molecular formula is C37H27N3S. The number of benzene rings is 5. The normalized spacial score (nSPS) is 16.0. The lowest BCUT2D eigenvalue weighted by molar-refractivity contribution is 0.996. The summed E-state index contributed by atoms with van der Waals surface area (Å²) in [5.41, 5.74) is 7.63. The monoisotopic (exact) mass is 545 g/mol. The van der Waals surface area contributed by atoms with E-state index >= 15 is 0 Å². The molecule has 1 aliphatic carbocycles. The van der Waals surface area contributed by atoms with Gasteiger partial charge in [0.05, 0.1) is 17.1 Å². The Balaban J connectivity index is 1.32. The molecule has 0 saturated heterocycles. The number of allylic oxidation sites excluding steroid dienone is 2. The number of aromatic nitrogens is 2. The van der Waals surface area contributed by atoms with Gasteiger partial charge in [-0.15, -0.1) is 0 Å². The van der Waals surface area contributed by atoms with E-state index in [0.717, 1.165) is 52.1 Å². The maximum atomic E-state index is 5.13. The van der Waals surface area contributed by atoms with Gasteiger partial charge in [0.15, 0.2) is 5.82 Å². The zero-order valence-corrected chi connectivity index (χ0v) is 23.2. The molecule has 6 aromatic rings. The molecule has 0 saturated carbocycles. The lowest BCUT2D eigenvalue weighted by atomic mass is 9.96. The average molecular weight is 546 g/mol. The van der Waals surface area contributed by atoms with Gasteiger partial charge in [0.2, 0.25) is 0 Å². The summed E-state index contributed by atoms with van der Waals surface area (Å²) in [7, 11) is 0. The summed E-state index contributed by atoms with van der Waals surface area (Å²) >= 11 is 1.91. The largest absolute Gasteiger partial charge is 0.368 e. The predicted octanol–water partition coefficient (Wildman–Crippen LogP) is 9.90. The van der Waals surface area contributed by atoms with Gasteiger partial charge in [-0.3, -0.25) is 0 Å². The Morgan fingerprint density at radius 3 is 2.12 bits per heavy atom. The van der Waals surface area contributed by atoms with E-state index in [1.165, 1.54) is 32.3 Å². The van der Waals surface area contributed by atoms with Gasteiger partial charge in [-0.05, 0) is 46.7 Å². The number of nitrogens with one attached hydrogen (secondary N) is 1. The fraction of sp³-hybridized carbons (Fsp3) is 0.0811. The van der Waals surface area contributed by atoms with Gasteiger partial charge >= 0.3 is 0 Å². The molecule has 8 rings (SSSR count). The number of rotatable bonds is 4. The first-order valence-electron chi connectivity index (χ1n) is 14.1. The van der Waals surface area contributed by atoms with Gasteiger partial charge in [-0.1, -0.05) is 127 Å². The quantitative estimate of drug-likeness (QED) is 0.224. The van der Waals surface area contributed by atoms with Gasteiger partial charge in [-0.25, -0.2) is 9.97 Å². The summed E-state index contributed by atoms with van der Waals surface area (Å²) in [6.07, 6.45) is 9.18. The highest BCUT2D eigenvalue weighted by Gasteiger charge is 2.26. The topological polar surface area (TPSA) is 37.8 Å². The second kappa shape index (κ2) is 10.1. The highest BCUT2D eigenvalue weighted by atomic mass is 32.2. The van der Waals surface area contributed by atoms with Gasteiger partial charge in [-0.2, -0.15) is 0 Å². The molecule has 5 aromatic carbocycles. The molecule has 0 amide bonds. The molecule has 196 valence electrons. The molecule has 0 radical (unpaired) electrons.